The standard InChI is InChI=1S/C7H10O3P2S2/c8-11(13,6-12(9,10)14)7-4-2-1-3-5-7/h1-5H,6H2,(H,8,13)(H2,9,10,14). The first-order valence-electron chi connectivity index (χ1n) is 3.73. The van der Waals surface area contributed by atoms with E-state index in [-0.39, 0.29) is 5.90 Å². The van der Waals surface area contributed by atoms with Gasteiger partial charge in [-0.25, -0.2) is 0 Å². The summed E-state index contributed by atoms with van der Waals surface area (Å²) in [5.41, 5.74) is 0. The van der Waals surface area contributed by atoms with Crippen LogP contribution in [0.5, 0.6) is 0 Å². The molecule has 0 fully saturated rings. The molecule has 1 rings (SSSR count). The minimum Gasteiger partial charge on any atom is -0.361 e. The Labute approximate surface area is 92.7 Å². The lowest BCUT2D eigenvalue weighted by Crippen LogP contribution is -2.06. The zero-order valence-corrected chi connectivity index (χ0v) is 10.6. The first-order valence-corrected chi connectivity index (χ1v) is 9.57. The highest BCUT2D eigenvalue weighted by Crippen LogP contribution is 2.54. The third kappa shape index (κ3) is 3.87. The van der Waals surface area contributed by atoms with Gasteiger partial charge in [-0.15, -0.1) is 0 Å². The van der Waals surface area contributed by atoms with Crippen LogP contribution in [0.4, 0.5) is 0 Å². The zero-order chi connectivity index (χ0) is 10.8. The van der Waals surface area contributed by atoms with Gasteiger partial charge in [-0.1, -0.05) is 42.1 Å². The summed E-state index contributed by atoms with van der Waals surface area (Å²) < 4.78 is 0. The number of rotatable bonds is 3. The molecular formula is C7H10O3P2S2. The van der Waals surface area contributed by atoms with Crippen LogP contribution < -0.4 is 5.30 Å². The monoisotopic (exact) mass is 268 g/mol. The maximum Gasteiger partial charge on any atom is 0.191 e. The summed E-state index contributed by atoms with van der Waals surface area (Å²) in [6.07, 6.45) is -2.89. The Kier molecular flexibility index (Phi) is 4.01. The molecule has 0 saturated heterocycles. The van der Waals surface area contributed by atoms with Crippen LogP contribution in [0.25, 0.3) is 0 Å². The third-order valence-electron chi connectivity index (χ3n) is 1.54. The van der Waals surface area contributed by atoms with Gasteiger partial charge in [0.2, 0.25) is 0 Å². The quantitative estimate of drug-likeness (QED) is 0.713. The largest absolute Gasteiger partial charge is 0.361 e. The van der Waals surface area contributed by atoms with Crippen molar-refractivity contribution in [3.05, 3.63) is 30.3 Å². The van der Waals surface area contributed by atoms with Gasteiger partial charge in [0.15, 0.2) is 6.49 Å². The van der Waals surface area contributed by atoms with Gasteiger partial charge in [0.1, 0.15) is 6.26 Å². The molecule has 3 N–H and O–H groups in total. The van der Waals surface area contributed by atoms with E-state index in [0.29, 0.717) is 5.30 Å². The minimum atomic E-state index is -3.42. The summed E-state index contributed by atoms with van der Waals surface area (Å²) in [7, 11) is 0. The molecule has 0 aromatic heterocycles. The number of benzene rings is 1. The van der Waals surface area contributed by atoms with Gasteiger partial charge in [0.25, 0.3) is 0 Å². The fourth-order valence-corrected chi connectivity index (χ4v) is 8.26. The lowest BCUT2D eigenvalue weighted by atomic mass is 10.4. The third-order valence-corrected chi connectivity index (χ3v) is 8.36. The molecule has 0 aliphatic rings. The normalized spacial score (nSPS) is 16.2. The summed E-state index contributed by atoms with van der Waals surface area (Å²) in [4.78, 5) is 28.1. The molecule has 0 spiro atoms. The molecule has 0 aliphatic carbocycles. The molecule has 0 heterocycles. The van der Waals surface area contributed by atoms with E-state index in [0.717, 1.165) is 0 Å². The van der Waals surface area contributed by atoms with Gasteiger partial charge < -0.3 is 14.7 Å². The van der Waals surface area contributed by atoms with Crippen LogP contribution in [0, 0.1) is 0 Å². The molecule has 0 radical (unpaired) electrons. The van der Waals surface area contributed by atoms with Crippen LogP contribution >= 0.6 is 12.8 Å². The van der Waals surface area contributed by atoms with Crippen molar-refractivity contribution in [3.8, 4) is 0 Å². The Hall–Kier alpha value is 0.400. The SMILES string of the molecule is OP(O)(=S)CP(O)(=S)c1ccccc1. The van der Waals surface area contributed by atoms with E-state index in [1.165, 1.54) is 0 Å². The Morgan fingerprint density at radius 1 is 1.00 bits per heavy atom. The van der Waals surface area contributed by atoms with Gasteiger partial charge in [-0.05, 0) is 11.8 Å². The molecule has 14 heavy (non-hydrogen) atoms. The van der Waals surface area contributed by atoms with Gasteiger partial charge in [-0.3, -0.25) is 0 Å². The van der Waals surface area contributed by atoms with Crippen LogP contribution in [0.3, 0.4) is 0 Å². The highest BCUT2D eigenvalue weighted by atomic mass is 32.5. The van der Waals surface area contributed by atoms with Crippen molar-refractivity contribution in [2.45, 2.75) is 0 Å². The highest BCUT2D eigenvalue weighted by Gasteiger charge is 2.23. The first-order chi connectivity index (χ1) is 6.31. The average Bonchev–Trinajstić information content (AvgIpc) is 2.01. The molecular weight excluding hydrogens is 258 g/mol. The summed E-state index contributed by atoms with van der Waals surface area (Å²) in [6.45, 7) is -3.42. The first kappa shape index (κ1) is 12.5. The smallest absolute Gasteiger partial charge is 0.191 e. The maximum atomic E-state index is 9.89. The van der Waals surface area contributed by atoms with Gasteiger partial charge in [-0.2, -0.15) is 0 Å². The van der Waals surface area contributed by atoms with Crippen molar-refractivity contribution < 1.29 is 14.7 Å². The average molecular weight is 268 g/mol. The van der Waals surface area contributed by atoms with Crippen molar-refractivity contribution in [3.63, 3.8) is 0 Å². The van der Waals surface area contributed by atoms with Gasteiger partial charge >= 0.3 is 0 Å². The van der Waals surface area contributed by atoms with E-state index >= 15 is 0 Å². The molecule has 3 nitrogen and oxygen atoms in total. The highest BCUT2D eigenvalue weighted by molar-refractivity contribution is 8.22. The van der Waals surface area contributed by atoms with Crippen molar-refractivity contribution in [2.75, 3.05) is 5.90 Å². The Morgan fingerprint density at radius 3 is 1.93 bits per heavy atom. The van der Waals surface area contributed by atoms with E-state index in [1.807, 2.05) is 0 Å². The van der Waals surface area contributed by atoms with Crippen molar-refractivity contribution >= 4 is 41.7 Å². The van der Waals surface area contributed by atoms with E-state index in [1.54, 1.807) is 30.3 Å². The fourth-order valence-electron chi connectivity index (χ4n) is 0.992. The van der Waals surface area contributed by atoms with Gasteiger partial charge in [0.05, 0.1) is 5.90 Å². The maximum absolute atomic E-state index is 9.89. The van der Waals surface area contributed by atoms with Crippen LogP contribution in [0.1, 0.15) is 0 Å². The van der Waals surface area contributed by atoms with Crippen molar-refractivity contribution in [1.29, 1.82) is 0 Å². The number of hydrogen-bond donors (Lipinski definition) is 3. The molecule has 1 aromatic rings. The minimum absolute atomic E-state index is 0.269. The fraction of sp³-hybridized carbons (Fsp3) is 0.143. The van der Waals surface area contributed by atoms with Crippen LogP contribution in [0.15, 0.2) is 30.3 Å². The van der Waals surface area contributed by atoms with Crippen molar-refractivity contribution in [2.24, 2.45) is 0 Å². The van der Waals surface area contributed by atoms with E-state index in [9.17, 15) is 4.89 Å². The Balaban J connectivity index is 2.98. The Morgan fingerprint density at radius 2 is 1.50 bits per heavy atom. The van der Waals surface area contributed by atoms with Crippen molar-refractivity contribution in [1.82, 2.24) is 0 Å². The Bertz CT molecular complexity index is 401. The predicted molar refractivity (Wildman–Crippen MR) is 66.2 cm³/mol. The lowest BCUT2D eigenvalue weighted by Gasteiger charge is -2.18. The lowest BCUT2D eigenvalue weighted by molar-refractivity contribution is 0.484. The molecule has 0 aliphatic heterocycles. The van der Waals surface area contributed by atoms with E-state index in [4.69, 9.17) is 21.6 Å². The molecule has 7 heteroatoms. The molecule has 0 bridgehead atoms. The molecule has 0 saturated carbocycles. The summed E-state index contributed by atoms with van der Waals surface area (Å²) in [5, 5.41) is 0.562. The summed E-state index contributed by atoms with van der Waals surface area (Å²) in [6, 6.07) is 8.63. The molecule has 1 unspecified atom stereocenters. The summed E-state index contributed by atoms with van der Waals surface area (Å²) in [5.74, 6) is -0.269. The molecule has 78 valence electrons. The second-order valence-corrected chi connectivity index (χ2v) is 10.8. The predicted octanol–water partition coefficient (Wildman–Crippen LogP) is 0.950. The summed E-state index contributed by atoms with van der Waals surface area (Å²) >= 11 is 9.42. The molecule has 0 amide bonds. The van der Waals surface area contributed by atoms with E-state index < -0.39 is 12.8 Å². The second kappa shape index (κ2) is 4.50. The van der Waals surface area contributed by atoms with Crippen LogP contribution in [0.2, 0.25) is 0 Å². The second-order valence-electron chi connectivity index (χ2n) is 2.84. The number of hydrogen-bond acceptors (Lipinski definition) is 2. The van der Waals surface area contributed by atoms with Crippen LogP contribution in [-0.2, 0) is 23.6 Å². The molecule has 1 aromatic carbocycles. The zero-order valence-electron chi connectivity index (χ0n) is 7.15. The van der Waals surface area contributed by atoms with Gasteiger partial charge in [0, 0.05) is 5.30 Å². The van der Waals surface area contributed by atoms with E-state index in [2.05, 4.69) is 11.8 Å². The molecule has 1 atom stereocenters. The topological polar surface area (TPSA) is 60.7 Å². The van der Waals surface area contributed by atoms with Crippen LogP contribution in [-0.4, -0.2) is 20.6 Å².